The molecule has 37 heavy (non-hydrogen) atoms. The van der Waals surface area contributed by atoms with Crippen molar-refractivity contribution in [3.8, 4) is 10.4 Å². The second kappa shape index (κ2) is 12.6. The lowest BCUT2D eigenvalue weighted by molar-refractivity contribution is -0.128. The fourth-order valence-corrected chi connectivity index (χ4v) is 4.35. The molecule has 0 aliphatic rings. The van der Waals surface area contributed by atoms with Gasteiger partial charge in [0.15, 0.2) is 5.96 Å². The van der Waals surface area contributed by atoms with Gasteiger partial charge in [-0.1, -0.05) is 43.4 Å². The Morgan fingerprint density at radius 2 is 1.73 bits per heavy atom. The maximum absolute atomic E-state index is 13.1. The monoisotopic (exact) mass is 522 g/mol. The van der Waals surface area contributed by atoms with Crippen molar-refractivity contribution < 1.29 is 14.4 Å². The number of rotatable bonds is 11. The molecule has 0 fully saturated rings. The molecule has 3 aromatic rings. The molecule has 8 N–H and O–H groups in total. The number of aliphatic imine (C=N–C) groups is 1. The van der Waals surface area contributed by atoms with Crippen LogP contribution in [0.15, 0.2) is 60.0 Å². The van der Waals surface area contributed by atoms with Crippen molar-refractivity contribution in [2.75, 3.05) is 0 Å². The largest absolute Gasteiger partial charge is 0.370 e. The zero-order valence-corrected chi connectivity index (χ0v) is 21.4. The minimum absolute atomic E-state index is 0.0767. The number of thiazole rings is 1. The van der Waals surface area contributed by atoms with Crippen molar-refractivity contribution in [3.63, 3.8) is 0 Å². The first-order valence-electron chi connectivity index (χ1n) is 11.6. The van der Waals surface area contributed by atoms with E-state index in [1.165, 1.54) is 11.3 Å². The Bertz CT molecular complexity index is 1250. The average molecular weight is 523 g/mol. The molecule has 0 spiro atoms. The molecule has 0 aliphatic carbocycles. The van der Waals surface area contributed by atoms with E-state index in [2.05, 4.69) is 25.6 Å². The van der Waals surface area contributed by atoms with E-state index in [-0.39, 0.29) is 18.3 Å². The highest BCUT2D eigenvalue weighted by Gasteiger charge is 2.27. The van der Waals surface area contributed by atoms with Crippen molar-refractivity contribution >= 4 is 40.1 Å². The van der Waals surface area contributed by atoms with Crippen LogP contribution in [0, 0.1) is 5.92 Å². The minimum Gasteiger partial charge on any atom is -0.370 e. The van der Waals surface area contributed by atoms with Gasteiger partial charge in [-0.25, -0.2) is 4.98 Å². The number of carbonyl (C=O) groups is 3. The Morgan fingerprint density at radius 1 is 1.00 bits per heavy atom. The molecule has 3 amide bonds. The lowest BCUT2D eigenvalue weighted by Crippen LogP contribution is -2.54. The topological polar surface area (TPSA) is 191 Å². The summed E-state index contributed by atoms with van der Waals surface area (Å²) in [5, 5.41) is 5.90. The fourth-order valence-electron chi connectivity index (χ4n) is 3.54. The molecule has 2 heterocycles. The molecule has 2 aromatic heterocycles. The number of nitrogens with two attached hydrogens (primary N) is 3. The Balaban J connectivity index is 1.69. The highest BCUT2D eigenvalue weighted by Crippen LogP contribution is 2.30. The van der Waals surface area contributed by atoms with E-state index < -0.39 is 29.8 Å². The summed E-state index contributed by atoms with van der Waals surface area (Å²) >= 11 is 1.30. The number of nitrogens with one attached hydrogen (secondary N) is 2. The number of hydrogen-bond donors (Lipinski definition) is 5. The van der Waals surface area contributed by atoms with Crippen molar-refractivity contribution in [2.45, 2.75) is 38.8 Å². The van der Waals surface area contributed by atoms with Gasteiger partial charge in [-0.15, -0.1) is 0 Å². The van der Waals surface area contributed by atoms with E-state index in [9.17, 15) is 14.4 Å². The van der Waals surface area contributed by atoms with Crippen LogP contribution >= 0.6 is 11.3 Å². The van der Waals surface area contributed by atoms with Gasteiger partial charge in [0.1, 0.15) is 12.1 Å². The van der Waals surface area contributed by atoms with Gasteiger partial charge >= 0.3 is 0 Å². The summed E-state index contributed by atoms with van der Waals surface area (Å²) in [7, 11) is 0. The van der Waals surface area contributed by atoms with Crippen molar-refractivity contribution in [1.82, 2.24) is 20.6 Å². The van der Waals surface area contributed by atoms with Crippen LogP contribution in [0.3, 0.4) is 0 Å². The zero-order valence-electron chi connectivity index (χ0n) is 20.5. The van der Waals surface area contributed by atoms with Gasteiger partial charge in [0.2, 0.25) is 16.9 Å². The number of nitrogens with zero attached hydrogens (tertiary/aromatic N) is 3. The molecule has 11 nitrogen and oxygen atoms in total. The van der Waals surface area contributed by atoms with Gasteiger partial charge in [0.25, 0.3) is 5.91 Å². The van der Waals surface area contributed by atoms with Crippen LogP contribution in [0.5, 0.6) is 0 Å². The van der Waals surface area contributed by atoms with Crippen LogP contribution in [0.1, 0.15) is 36.2 Å². The number of pyridine rings is 1. The summed E-state index contributed by atoms with van der Waals surface area (Å²) in [4.78, 5) is 51.0. The number of amides is 3. The van der Waals surface area contributed by atoms with E-state index >= 15 is 0 Å². The lowest BCUT2D eigenvalue weighted by Gasteiger charge is -2.23. The highest BCUT2D eigenvalue weighted by atomic mass is 32.1. The molecule has 194 valence electrons. The SMILES string of the molecule is CC(C)C[C@H](NC(=O)c1ccc(-c2cnc(N=C(N)N)s2)cc1)C(=O)N[C@@H](Cc1cccnc1)C(N)=O. The molecule has 0 saturated carbocycles. The molecule has 3 rings (SSSR count). The quantitative estimate of drug-likeness (QED) is 0.186. The molecule has 1 aromatic carbocycles. The maximum Gasteiger partial charge on any atom is 0.251 e. The van der Waals surface area contributed by atoms with E-state index in [1.807, 2.05) is 13.8 Å². The molecular formula is C25H30N8O3S. The van der Waals surface area contributed by atoms with E-state index in [4.69, 9.17) is 17.2 Å². The third-order valence-corrected chi connectivity index (χ3v) is 6.24. The Labute approximate surface area is 218 Å². The Morgan fingerprint density at radius 3 is 2.32 bits per heavy atom. The molecular weight excluding hydrogens is 492 g/mol. The van der Waals surface area contributed by atoms with E-state index in [1.54, 1.807) is 55.0 Å². The maximum atomic E-state index is 13.1. The van der Waals surface area contributed by atoms with Gasteiger partial charge < -0.3 is 27.8 Å². The number of primary amides is 1. The van der Waals surface area contributed by atoms with Crippen molar-refractivity contribution in [2.24, 2.45) is 28.1 Å². The first kappa shape index (κ1) is 27.3. The van der Waals surface area contributed by atoms with Crippen molar-refractivity contribution in [1.29, 1.82) is 0 Å². The summed E-state index contributed by atoms with van der Waals surface area (Å²) in [5.74, 6) is -1.54. The number of hydrogen-bond acceptors (Lipinski definition) is 7. The summed E-state index contributed by atoms with van der Waals surface area (Å²) < 4.78 is 0. The predicted molar refractivity (Wildman–Crippen MR) is 143 cm³/mol. The number of guanidine groups is 1. The first-order chi connectivity index (χ1) is 17.6. The summed E-state index contributed by atoms with van der Waals surface area (Å²) in [6, 6.07) is 8.59. The Hall–Kier alpha value is -4.32. The van der Waals surface area contributed by atoms with Crippen LogP contribution in [0.4, 0.5) is 5.13 Å². The molecule has 0 radical (unpaired) electrons. The number of aromatic nitrogens is 2. The van der Waals surface area contributed by atoms with Gasteiger partial charge in [0.05, 0.1) is 4.88 Å². The van der Waals surface area contributed by atoms with E-state index in [0.717, 1.165) is 16.0 Å². The van der Waals surface area contributed by atoms with E-state index in [0.29, 0.717) is 17.1 Å². The molecule has 0 aliphatic heterocycles. The lowest BCUT2D eigenvalue weighted by atomic mass is 10.0. The third kappa shape index (κ3) is 8.10. The fraction of sp³-hybridized carbons (Fsp3) is 0.280. The Kier molecular flexibility index (Phi) is 9.27. The molecule has 0 saturated heterocycles. The summed E-state index contributed by atoms with van der Waals surface area (Å²) in [5.41, 5.74) is 18.3. The second-order valence-electron chi connectivity index (χ2n) is 8.81. The molecule has 0 unspecified atom stereocenters. The third-order valence-electron chi connectivity index (χ3n) is 5.30. The van der Waals surface area contributed by atoms with Crippen LogP contribution < -0.4 is 27.8 Å². The molecule has 12 heteroatoms. The minimum atomic E-state index is -0.939. The van der Waals surface area contributed by atoms with Crippen LogP contribution in [-0.2, 0) is 16.0 Å². The van der Waals surface area contributed by atoms with Crippen LogP contribution in [0.25, 0.3) is 10.4 Å². The van der Waals surface area contributed by atoms with Gasteiger partial charge in [-0.05, 0) is 41.7 Å². The molecule has 0 bridgehead atoms. The highest BCUT2D eigenvalue weighted by molar-refractivity contribution is 7.18. The number of carbonyl (C=O) groups excluding carboxylic acids is 3. The predicted octanol–water partition coefficient (Wildman–Crippen LogP) is 1.47. The van der Waals surface area contributed by atoms with Crippen molar-refractivity contribution in [3.05, 3.63) is 66.1 Å². The standard InChI is InChI=1S/C25H30N8O3S/c1-14(2)10-19(23(36)31-18(21(26)34)11-15-4-3-9-29-12-15)32-22(35)17-7-5-16(6-8-17)20-13-30-25(37-20)33-24(27)28/h3-9,12-14,18-19H,10-11H2,1-2H3,(H2,26,34)(H,31,36)(H,32,35)(H4,27,28,30,33)/t18-,19-/m0/s1. The smallest absolute Gasteiger partial charge is 0.251 e. The van der Waals surface area contributed by atoms with Gasteiger partial charge in [-0.3, -0.25) is 19.4 Å². The summed E-state index contributed by atoms with van der Waals surface area (Å²) in [6.07, 6.45) is 5.44. The van der Waals surface area contributed by atoms with Gasteiger partial charge in [-0.2, -0.15) is 4.99 Å². The molecule has 2 atom stereocenters. The van der Waals surface area contributed by atoms with Crippen LogP contribution in [-0.4, -0.2) is 45.7 Å². The normalized spacial score (nSPS) is 12.4. The van der Waals surface area contributed by atoms with Gasteiger partial charge in [0, 0.05) is 30.6 Å². The second-order valence-corrected chi connectivity index (χ2v) is 9.81. The summed E-state index contributed by atoms with van der Waals surface area (Å²) in [6.45, 7) is 3.88. The number of benzene rings is 1. The first-order valence-corrected chi connectivity index (χ1v) is 12.4. The average Bonchev–Trinajstić information content (AvgIpc) is 3.31. The van der Waals surface area contributed by atoms with Crippen LogP contribution in [0.2, 0.25) is 0 Å². The zero-order chi connectivity index (χ0) is 26.9.